The first-order valence-electron chi connectivity index (χ1n) is 12.6. The smallest absolute Gasteiger partial charge is 0.257 e. The lowest BCUT2D eigenvalue weighted by molar-refractivity contribution is 0.0698. The average molecular weight is 495 g/mol. The van der Waals surface area contributed by atoms with Crippen LogP contribution in [0.25, 0.3) is 5.52 Å². The number of benzene rings is 1. The number of carbonyl (C=O) groups is 1. The van der Waals surface area contributed by atoms with Crippen LogP contribution >= 0.6 is 0 Å². The number of pyridine rings is 1. The van der Waals surface area contributed by atoms with Crippen molar-refractivity contribution in [3.8, 4) is 0 Å². The SMILES string of the molecule is Cc1nn2ccc(C3CCN(S(=O)(=O)Cc4ccccc4)CC3)cc2c1C(=O)N1CCC(C)CC1. The molecule has 2 aromatic heterocycles. The summed E-state index contributed by atoms with van der Waals surface area (Å²) in [6, 6.07) is 13.5. The fraction of sp³-hybridized carbons (Fsp3) is 0.481. The fourth-order valence-electron chi connectivity index (χ4n) is 5.41. The predicted molar refractivity (Wildman–Crippen MR) is 137 cm³/mol. The zero-order valence-electron chi connectivity index (χ0n) is 20.6. The predicted octanol–water partition coefficient (Wildman–Crippen LogP) is 4.22. The third kappa shape index (κ3) is 5.00. The molecular weight excluding hydrogens is 460 g/mol. The molecule has 186 valence electrons. The highest BCUT2D eigenvalue weighted by atomic mass is 32.2. The van der Waals surface area contributed by atoms with E-state index >= 15 is 0 Å². The van der Waals surface area contributed by atoms with Crippen molar-refractivity contribution < 1.29 is 13.2 Å². The molecule has 3 aromatic rings. The number of amides is 1. The van der Waals surface area contributed by atoms with E-state index in [1.807, 2.05) is 48.4 Å². The molecule has 0 bridgehead atoms. The summed E-state index contributed by atoms with van der Waals surface area (Å²) in [7, 11) is -3.34. The first kappa shape index (κ1) is 24.0. The molecule has 8 heteroatoms. The van der Waals surface area contributed by atoms with Gasteiger partial charge in [-0.15, -0.1) is 0 Å². The molecular formula is C27H34N4O3S. The number of piperidine rings is 2. The van der Waals surface area contributed by atoms with Gasteiger partial charge in [0.05, 0.1) is 22.5 Å². The van der Waals surface area contributed by atoms with Crippen LogP contribution in [0.1, 0.15) is 65.7 Å². The van der Waals surface area contributed by atoms with Gasteiger partial charge in [-0.05, 0) is 67.7 Å². The minimum Gasteiger partial charge on any atom is -0.339 e. The topological polar surface area (TPSA) is 75.0 Å². The third-order valence-corrected chi connectivity index (χ3v) is 9.48. The highest BCUT2D eigenvalue weighted by Crippen LogP contribution is 2.32. The third-order valence-electron chi connectivity index (χ3n) is 7.63. The minimum absolute atomic E-state index is 0.0420. The summed E-state index contributed by atoms with van der Waals surface area (Å²) < 4.78 is 29.3. The van der Waals surface area contributed by atoms with Crippen LogP contribution in [-0.4, -0.2) is 59.3 Å². The molecule has 0 spiro atoms. The lowest BCUT2D eigenvalue weighted by Gasteiger charge is -2.31. The van der Waals surface area contributed by atoms with E-state index in [9.17, 15) is 13.2 Å². The van der Waals surface area contributed by atoms with Gasteiger partial charge in [0.25, 0.3) is 5.91 Å². The van der Waals surface area contributed by atoms with Crippen LogP contribution < -0.4 is 0 Å². The average Bonchev–Trinajstić information content (AvgIpc) is 3.19. The summed E-state index contributed by atoms with van der Waals surface area (Å²) in [5.74, 6) is 1.04. The number of sulfonamides is 1. The Bertz CT molecular complexity index is 1300. The maximum Gasteiger partial charge on any atom is 0.257 e. The Kier molecular flexibility index (Phi) is 6.68. The Balaban J connectivity index is 1.31. The van der Waals surface area contributed by atoms with Gasteiger partial charge in [0.15, 0.2) is 0 Å². The molecule has 5 rings (SSSR count). The molecule has 2 aliphatic heterocycles. The van der Waals surface area contributed by atoms with E-state index in [4.69, 9.17) is 0 Å². The molecule has 0 atom stereocenters. The normalized spacial score (nSPS) is 18.9. The van der Waals surface area contributed by atoms with Gasteiger partial charge >= 0.3 is 0 Å². The fourth-order valence-corrected chi connectivity index (χ4v) is 6.97. The van der Waals surface area contributed by atoms with Gasteiger partial charge in [-0.1, -0.05) is 37.3 Å². The Labute approximate surface area is 207 Å². The molecule has 1 aromatic carbocycles. The van der Waals surface area contributed by atoms with Crippen LogP contribution in [0.4, 0.5) is 0 Å². The number of carbonyl (C=O) groups excluding carboxylic acids is 1. The number of fused-ring (bicyclic) bond motifs is 1. The second-order valence-electron chi connectivity index (χ2n) is 10.1. The van der Waals surface area contributed by atoms with E-state index in [-0.39, 0.29) is 17.6 Å². The van der Waals surface area contributed by atoms with Crippen molar-refractivity contribution in [3.05, 3.63) is 71.0 Å². The Morgan fingerprint density at radius 1 is 1.00 bits per heavy atom. The number of hydrogen-bond donors (Lipinski definition) is 0. The van der Waals surface area contributed by atoms with E-state index in [1.165, 1.54) is 0 Å². The van der Waals surface area contributed by atoms with Crippen LogP contribution in [0.2, 0.25) is 0 Å². The molecule has 0 radical (unpaired) electrons. The minimum atomic E-state index is -3.34. The van der Waals surface area contributed by atoms with Crippen molar-refractivity contribution in [3.63, 3.8) is 0 Å². The highest BCUT2D eigenvalue weighted by molar-refractivity contribution is 7.88. The zero-order valence-corrected chi connectivity index (χ0v) is 21.4. The van der Waals surface area contributed by atoms with Crippen LogP contribution in [0.3, 0.4) is 0 Å². The number of nitrogens with zero attached hydrogens (tertiary/aromatic N) is 4. The summed E-state index contributed by atoms with van der Waals surface area (Å²) >= 11 is 0. The number of hydrogen-bond acceptors (Lipinski definition) is 4. The molecule has 2 aliphatic rings. The molecule has 2 saturated heterocycles. The van der Waals surface area contributed by atoms with Gasteiger partial charge < -0.3 is 4.90 Å². The molecule has 0 N–H and O–H groups in total. The van der Waals surface area contributed by atoms with E-state index in [0.717, 1.165) is 61.1 Å². The Hall–Kier alpha value is -2.71. The standard InChI is InChI=1S/C27H34N4O3S/c1-20-8-13-29(14-9-20)27(32)26-21(2)28-31-17-12-24(18-25(26)31)23-10-15-30(16-11-23)35(33,34)19-22-6-4-3-5-7-22/h3-7,12,17-18,20,23H,8-11,13-16,19H2,1-2H3. The van der Waals surface area contributed by atoms with Gasteiger partial charge in [0.2, 0.25) is 10.0 Å². The van der Waals surface area contributed by atoms with E-state index in [1.54, 1.807) is 8.82 Å². The van der Waals surface area contributed by atoms with Crippen LogP contribution in [0.15, 0.2) is 48.7 Å². The van der Waals surface area contributed by atoms with E-state index < -0.39 is 10.0 Å². The largest absolute Gasteiger partial charge is 0.339 e. The molecule has 35 heavy (non-hydrogen) atoms. The van der Waals surface area contributed by atoms with Crippen molar-refractivity contribution in [1.29, 1.82) is 0 Å². The van der Waals surface area contributed by atoms with Crippen LogP contribution in [0.5, 0.6) is 0 Å². The molecule has 1 amide bonds. The van der Waals surface area contributed by atoms with Gasteiger partial charge in [-0.25, -0.2) is 17.2 Å². The molecule has 0 unspecified atom stereocenters. The van der Waals surface area contributed by atoms with Gasteiger partial charge in [-0.3, -0.25) is 4.79 Å². The van der Waals surface area contributed by atoms with Gasteiger partial charge in [0.1, 0.15) is 0 Å². The van der Waals surface area contributed by atoms with Crippen LogP contribution in [-0.2, 0) is 15.8 Å². The number of rotatable bonds is 5. The lowest BCUT2D eigenvalue weighted by Crippen LogP contribution is -2.38. The van der Waals surface area contributed by atoms with Crippen molar-refractivity contribution in [1.82, 2.24) is 18.8 Å². The van der Waals surface area contributed by atoms with E-state index in [0.29, 0.717) is 24.6 Å². The Morgan fingerprint density at radius 2 is 1.69 bits per heavy atom. The van der Waals surface area contributed by atoms with Crippen molar-refractivity contribution in [2.45, 2.75) is 51.2 Å². The van der Waals surface area contributed by atoms with E-state index in [2.05, 4.69) is 24.2 Å². The first-order chi connectivity index (χ1) is 16.8. The van der Waals surface area contributed by atoms with Crippen LogP contribution in [0, 0.1) is 12.8 Å². The quantitative estimate of drug-likeness (QED) is 0.532. The maximum absolute atomic E-state index is 13.4. The molecule has 4 heterocycles. The summed E-state index contributed by atoms with van der Waals surface area (Å²) in [4.78, 5) is 15.4. The van der Waals surface area contributed by atoms with Crippen molar-refractivity contribution in [2.75, 3.05) is 26.2 Å². The molecule has 0 saturated carbocycles. The molecule has 2 fully saturated rings. The van der Waals surface area contributed by atoms with Crippen molar-refractivity contribution >= 4 is 21.4 Å². The summed E-state index contributed by atoms with van der Waals surface area (Å²) in [6.45, 7) is 6.77. The summed E-state index contributed by atoms with van der Waals surface area (Å²) in [6.07, 6.45) is 5.56. The van der Waals surface area contributed by atoms with Gasteiger partial charge in [-0.2, -0.15) is 5.10 Å². The second kappa shape index (κ2) is 9.74. The zero-order chi connectivity index (χ0) is 24.6. The second-order valence-corrected chi connectivity index (χ2v) is 12.1. The Morgan fingerprint density at radius 3 is 2.37 bits per heavy atom. The van der Waals surface area contributed by atoms with Crippen molar-refractivity contribution in [2.24, 2.45) is 5.92 Å². The number of likely N-dealkylation sites (tertiary alicyclic amines) is 1. The summed E-state index contributed by atoms with van der Waals surface area (Å²) in [5.41, 5.74) is 4.27. The highest BCUT2D eigenvalue weighted by Gasteiger charge is 2.30. The lowest BCUT2D eigenvalue weighted by atomic mass is 9.90. The first-order valence-corrected chi connectivity index (χ1v) is 14.2. The molecule has 7 nitrogen and oxygen atoms in total. The number of aromatic nitrogens is 2. The van der Waals surface area contributed by atoms with Gasteiger partial charge in [0, 0.05) is 32.4 Å². The maximum atomic E-state index is 13.4. The monoisotopic (exact) mass is 494 g/mol. The number of aryl methyl sites for hydroxylation is 1. The molecule has 0 aliphatic carbocycles. The summed E-state index contributed by atoms with van der Waals surface area (Å²) in [5, 5.41) is 4.60.